The summed E-state index contributed by atoms with van der Waals surface area (Å²) < 4.78 is 8.95. The number of benzene rings is 16. The number of aromatic nitrogens is 1. The summed E-state index contributed by atoms with van der Waals surface area (Å²) in [4.78, 5) is 7.73. The monoisotopic (exact) mass is 1410 g/mol. The Labute approximate surface area is 643 Å². The van der Waals surface area contributed by atoms with E-state index in [1.807, 2.05) is 0 Å². The summed E-state index contributed by atoms with van der Waals surface area (Å²) in [6.45, 7) is 13.5. The van der Waals surface area contributed by atoms with Crippen molar-refractivity contribution in [3.05, 3.63) is 381 Å². The maximum atomic E-state index is 6.53. The second-order valence-electron chi connectivity index (χ2n) is 31.7. The Bertz CT molecular complexity index is 6420. The van der Waals surface area contributed by atoms with Crippen molar-refractivity contribution in [1.82, 2.24) is 4.57 Å². The molecule has 5 nitrogen and oxygen atoms in total. The molecule has 0 radical (unpaired) electrons. The van der Waals surface area contributed by atoms with E-state index in [4.69, 9.17) is 4.42 Å². The lowest BCUT2D eigenvalue weighted by Gasteiger charge is -2.45. The van der Waals surface area contributed by atoms with Crippen molar-refractivity contribution in [3.63, 3.8) is 0 Å². The van der Waals surface area contributed by atoms with Crippen molar-refractivity contribution >= 4 is 118 Å². The third kappa shape index (κ3) is 11.5. The first kappa shape index (κ1) is 66.1. The van der Waals surface area contributed by atoms with E-state index in [9.17, 15) is 0 Å². The SMILES string of the molecule is CC(C)(C)c1ccc(N(c2ccc(C(C)(C)C)cc2)c2ccc3c(c2)N(c2cc(-c4ccccc4)cc(-c4ccccc4)c2)c2cc(-c4ccc5c(c4)c4ccccc4n5-c4ccccc4)cc4c2B3c2ccc(-c3ccc5oc6ccccc6c5c3)cc2N4c2cc(-c3ccccc3)cc(-c3ccccc3)c2)cc1. The molecule has 6 heteroatoms. The summed E-state index contributed by atoms with van der Waals surface area (Å²) in [5, 5.41) is 4.57. The number of fused-ring (bicyclic) bond motifs is 10. The fourth-order valence-electron chi connectivity index (χ4n) is 17.3. The zero-order valence-electron chi connectivity index (χ0n) is 62.5. The highest BCUT2D eigenvalue weighted by Crippen LogP contribution is 2.52. The lowest BCUT2D eigenvalue weighted by Crippen LogP contribution is -2.61. The van der Waals surface area contributed by atoms with Crippen LogP contribution in [-0.2, 0) is 10.8 Å². The van der Waals surface area contributed by atoms with E-state index in [1.54, 1.807) is 0 Å². The summed E-state index contributed by atoms with van der Waals surface area (Å²) in [5.41, 5.74) is 34.4. The molecule has 4 heterocycles. The highest BCUT2D eigenvalue weighted by Gasteiger charge is 2.45. The van der Waals surface area contributed by atoms with Crippen molar-refractivity contribution in [1.29, 1.82) is 0 Å². The molecule has 2 aromatic heterocycles. The molecule has 0 bridgehead atoms. The van der Waals surface area contributed by atoms with Gasteiger partial charge in [-0.1, -0.05) is 272 Å². The minimum Gasteiger partial charge on any atom is -0.456 e. The predicted octanol–water partition coefficient (Wildman–Crippen LogP) is 26.8. The standard InChI is InChI=1S/C104H79BN4O/c1-103(2,3)80-43-47-83(48-44-80)106(84-49-45-81(46-50-84)104(4,5)6)85-51-53-93-97(67-85)109(87-60-77(70-30-16-9-17-31-70)57-78(61-87)71-32-18-10-19-33-71)99-66-79(73-41-54-95-90(62-73)88-36-22-24-38-94(88)107(95)82-34-20-11-21-35-82)65-98-102(99)105(93)92-52-40-74(72-42-55-101-91(63-72)89-37-23-25-39-100(89)110-101)64-96(92)108(98)86-58-75(68-26-12-7-13-27-68)56-76(59-86)69-28-14-8-15-29-69/h7-67H,1-6H3. The van der Waals surface area contributed by atoms with Gasteiger partial charge in [0.1, 0.15) is 11.2 Å². The average Bonchev–Trinajstić information content (AvgIpc) is 0.805. The predicted molar refractivity (Wildman–Crippen MR) is 467 cm³/mol. The summed E-state index contributed by atoms with van der Waals surface area (Å²) >= 11 is 0. The molecule has 0 spiro atoms. The van der Waals surface area contributed by atoms with Gasteiger partial charge in [-0.2, -0.15) is 0 Å². The number of rotatable bonds is 12. The molecule has 18 aromatic rings. The number of hydrogen-bond acceptors (Lipinski definition) is 4. The molecule has 0 aliphatic carbocycles. The normalized spacial score (nSPS) is 12.6. The molecule has 110 heavy (non-hydrogen) atoms. The molecule has 20 rings (SSSR count). The third-order valence-electron chi connectivity index (χ3n) is 22.8. The number of anilines is 9. The molecule has 0 unspecified atom stereocenters. The van der Waals surface area contributed by atoms with Gasteiger partial charge in [0.2, 0.25) is 0 Å². The van der Waals surface area contributed by atoms with Crippen LogP contribution in [0.4, 0.5) is 51.2 Å². The summed E-state index contributed by atoms with van der Waals surface area (Å²) in [6.07, 6.45) is 0. The molecular weight excluding hydrogens is 1330 g/mol. The molecule has 524 valence electrons. The van der Waals surface area contributed by atoms with E-state index in [-0.39, 0.29) is 17.5 Å². The fraction of sp³-hybridized carbons (Fsp3) is 0.0769. The smallest absolute Gasteiger partial charge is 0.252 e. The Hall–Kier alpha value is -13.4. The molecule has 2 aliphatic heterocycles. The summed E-state index contributed by atoms with van der Waals surface area (Å²) in [5.74, 6) is 0. The maximum Gasteiger partial charge on any atom is 0.252 e. The van der Waals surface area contributed by atoms with E-state index < -0.39 is 0 Å². The second-order valence-corrected chi connectivity index (χ2v) is 31.7. The Morgan fingerprint density at radius 2 is 0.636 bits per heavy atom. The Morgan fingerprint density at radius 1 is 0.255 bits per heavy atom. The number of para-hydroxylation sites is 3. The van der Waals surface area contributed by atoms with Gasteiger partial charge in [0.25, 0.3) is 6.71 Å². The Kier molecular flexibility index (Phi) is 15.7. The van der Waals surface area contributed by atoms with Crippen molar-refractivity contribution in [2.24, 2.45) is 0 Å². The molecule has 0 fully saturated rings. The van der Waals surface area contributed by atoms with E-state index in [2.05, 4.69) is 431 Å². The van der Waals surface area contributed by atoms with Crippen LogP contribution in [0.1, 0.15) is 52.7 Å². The maximum absolute atomic E-state index is 6.53. The fourth-order valence-corrected chi connectivity index (χ4v) is 17.3. The van der Waals surface area contributed by atoms with E-state index >= 15 is 0 Å². The first-order valence-corrected chi connectivity index (χ1v) is 38.4. The van der Waals surface area contributed by atoms with Crippen LogP contribution in [0.15, 0.2) is 374 Å². The van der Waals surface area contributed by atoms with Gasteiger partial charge in [-0.3, -0.25) is 0 Å². The highest BCUT2D eigenvalue weighted by molar-refractivity contribution is 7.00. The molecule has 0 saturated heterocycles. The molecular formula is C104H79BN4O. The number of nitrogens with zero attached hydrogens (tertiary/aromatic N) is 4. The van der Waals surface area contributed by atoms with Gasteiger partial charge in [-0.25, -0.2) is 0 Å². The quantitative estimate of drug-likeness (QED) is 0.114. The van der Waals surface area contributed by atoms with Gasteiger partial charge in [0, 0.05) is 78.4 Å². The van der Waals surface area contributed by atoms with Crippen LogP contribution in [0.3, 0.4) is 0 Å². The minimum absolute atomic E-state index is 0.0430. The molecule has 2 aliphatic rings. The minimum atomic E-state index is -0.260. The zero-order valence-corrected chi connectivity index (χ0v) is 62.5. The first-order chi connectivity index (χ1) is 53.8. The average molecular weight is 1410 g/mol. The van der Waals surface area contributed by atoms with E-state index in [0.29, 0.717) is 0 Å². The zero-order chi connectivity index (χ0) is 73.9. The van der Waals surface area contributed by atoms with Crippen molar-refractivity contribution in [2.75, 3.05) is 14.7 Å². The second kappa shape index (κ2) is 26.2. The van der Waals surface area contributed by atoms with Crippen LogP contribution in [0.25, 0.3) is 116 Å². The van der Waals surface area contributed by atoms with Gasteiger partial charge in [-0.05, 0) is 245 Å². The van der Waals surface area contributed by atoms with Crippen molar-refractivity contribution in [3.8, 4) is 72.4 Å². The summed E-state index contributed by atoms with van der Waals surface area (Å²) in [6, 6.07) is 138. The highest BCUT2D eigenvalue weighted by atomic mass is 16.3. The number of furan rings is 1. The van der Waals surface area contributed by atoms with Gasteiger partial charge < -0.3 is 23.7 Å². The third-order valence-corrected chi connectivity index (χ3v) is 22.8. The molecule has 16 aromatic carbocycles. The van der Waals surface area contributed by atoms with Crippen LogP contribution in [0.5, 0.6) is 0 Å². The Morgan fingerprint density at radius 3 is 1.16 bits per heavy atom. The van der Waals surface area contributed by atoms with Crippen LogP contribution in [0, 0.1) is 0 Å². The Balaban J connectivity index is 0.918. The molecule has 0 amide bonds. The van der Waals surface area contributed by atoms with Gasteiger partial charge in [-0.15, -0.1) is 0 Å². The van der Waals surface area contributed by atoms with Gasteiger partial charge in [0.05, 0.1) is 11.0 Å². The van der Waals surface area contributed by atoms with Crippen LogP contribution in [-0.4, -0.2) is 11.3 Å². The van der Waals surface area contributed by atoms with Crippen LogP contribution in [0.2, 0.25) is 0 Å². The van der Waals surface area contributed by atoms with Crippen LogP contribution >= 0.6 is 0 Å². The van der Waals surface area contributed by atoms with Crippen molar-refractivity contribution in [2.45, 2.75) is 52.4 Å². The van der Waals surface area contributed by atoms with Crippen LogP contribution < -0.4 is 31.1 Å². The lowest BCUT2D eigenvalue weighted by atomic mass is 9.33. The topological polar surface area (TPSA) is 27.8 Å². The lowest BCUT2D eigenvalue weighted by molar-refractivity contribution is 0.590. The first-order valence-electron chi connectivity index (χ1n) is 38.4. The molecule has 0 atom stereocenters. The van der Waals surface area contributed by atoms with Gasteiger partial charge in [0.15, 0.2) is 0 Å². The van der Waals surface area contributed by atoms with E-state index in [1.165, 1.54) is 38.3 Å². The molecule has 0 saturated carbocycles. The van der Waals surface area contributed by atoms with E-state index in [0.717, 1.165) is 157 Å². The largest absolute Gasteiger partial charge is 0.456 e. The van der Waals surface area contributed by atoms with Gasteiger partial charge >= 0.3 is 0 Å². The number of hydrogen-bond donors (Lipinski definition) is 0. The van der Waals surface area contributed by atoms with Crippen molar-refractivity contribution < 1.29 is 4.42 Å². The molecule has 0 N–H and O–H groups in total. The summed E-state index contributed by atoms with van der Waals surface area (Å²) in [7, 11) is 0.